The fraction of sp³-hybridized carbons (Fsp3) is 0.238. The van der Waals surface area contributed by atoms with Crippen molar-refractivity contribution in [2.45, 2.75) is 26.1 Å². The van der Waals surface area contributed by atoms with Gasteiger partial charge in [-0.2, -0.15) is 0 Å². The Bertz CT molecular complexity index is 1010. The molecule has 0 aliphatic carbocycles. The van der Waals surface area contributed by atoms with Gasteiger partial charge in [-0.05, 0) is 30.2 Å². The van der Waals surface area contributed by atoms with Crippen molar-refractivity contribution >= 4 is 23.9 Å². The molecule has 0 saturated carbocycles. The van der Waals surface area contributed by atoms with Gasteiger partial charge < -0.3 is 4.74 Å². The number of hydrogen-bond donors (Lipinski definition) is 1. The van der Waals surface area contributed by atoms with Gasteiger partial charge in [0, 0.05) is 5.41 Å². The first kappa shape index (κ1) is 19.5. The van der Waals surface area contributed by atoms with Gasteiger partial charge in [0.1, 0.15) is 6.04 Å². The number of fused-ring (bicyclic) bond motifs is 1. The van der Waals surface area contributed by atoms with Gasteiger partial charge in [0.2, 0.25) is 0 Å². The molecule has 0 spiro atoms. The first-order valence-corrected chi connectivity index (χ1v) is 9.98. The molecule has 2 aromatic carbocycles. The largest absolute Gasteiger partial charge is 0.494 e. The van der Waals surface area contributed by atoms with Crippen LogP contribution in [0.25, 0.3) is 0 Å². The first-order valence-electron chi connectivity index (χ1n) is 9.10. The third kappa shape index (κ3) is 3.73. The zero-order valence-corrected chi connectivity index (χ0v) is 16.8. The fourth-order valence-corrected chi connectivity index (χ4v) is 4.29. The van der Waals surface area contributed by atoms with E-state index in [0.717, 1.165) is 11.1 Å². The third-order valence-corrected chi connectivity index (χ3v) is 5.66. The van der Waals surface area contributed by atoms with Crippen LogP contribution >= 0.6 is 11.9 Å². The van der Waals surface area contributed by atoms with Gasteiger partial charge >= 0.3 is 6.03 Å². The van der Waals surface area contributed by atoms with Crippen LogP contribution in [-0.4, -0.2) is 34.9 Å². The maximum Gasteiger partial charge on any atom is 0.331 e. The number of urea groups is 1. The van der Waals surface area contributed by atoms with Crippen molar-refractivity contribution in [2.24, 2.45) is 0 Å². The molecule has 6 nitrogen and oxygen atoms in total. The summed E-state index contributed by atoms with van der Waals surface area (Å²) in [7, 11) is 1.40. The molecule has 2 aliphatic heterocycles. The number of carbonyl (C=O) groups is 2. The molecule has 0 radical (unpaired) electrons. The number of nitrogens with zero attached hydrogens (tertiary/aromatic N) is 2. The number of imide groups is 1. The summed E-state index contributed by atoms with van der Waals surface area (Å²) in [5, 5.41) is 1.75. The van der Waals surface area contributed by atoms with Gasteiger partial charge in [-0.1, -0.05) is 47.8 Å². The van der Waals surface area contributed by atoms with E-state index in [0.29, 0.717) is 11.3 Å². The van der Waals surface area contributed by atoms with E-state index in [1.807, 2.05) is 31.2 Å². The van der Waals surface area contributed by atoms with Crippen LogP contribution in [0.4, 0.5) is 9.18 Å². The topological polar surface area (TPSA) is 61.9 Å². The Kier molecular flexibility index (Phi) is 5.29. The molecular formula is C21H20FN3O3S. The molecule has 4 rings (SSSR count). The third-order valence-electron chi connectivity index (χ3n) is 4.93. The van der Waals surface area contributed by atoms with Gasteiger partial charge in [-0.15, -0.1) is 0 Å². The molecule has 0 bridgehead atoms. The number of methoxy groups -OCH3 is 1. The van der Waals surface area contributed by atoms with Crippen LogP contribution in [0.1, 0.15) is 16.7 Å². The molecule has 2 heterocycles. The minimum Gasteiger partial charge on any atom is -0.494 e. The zero-order chi connectivity index (χ0) is 20.5. The highest BCUT2D eigenvalue weighted by atomic mass is 32.2. The molecule has 1 atom stereocenters. The summed E-state index contributed by atoms with van der Waals surface area (Å²) in [4.78, 5) is 28.9. The standard InChI is InChI=1S/C21H20FN3O3S/c1-13-4-3-5-14(8-13)11-25-20(26)19-17(12-29-23-19)24(21(25)27)10-15-6-7-18(28-2)16(22)9-15/h3-9,12,19,23H,10-11H2,1-2H3. The summed E-state index contributed by atoms with van der Waals surface area (Å²) in [6, 6.07) is 11.3. The normalized spacial score (nSPS) is 18.7. The lowest BCUT2D eigenvalue weighted by atomic mass is 10.1. The summed E-state index contributed by atoms with van der Waals surface area (Å²) < 4.78 is 22.1. The second kappa shape index (κ2) is 7.88. The molecule has 8 heteroatoms. The minimum atomic E-state index is -0.606. The molecule has 1 saturated heterocycles. The molecule has 1 N–H and O–H groups in total. The van der Waals surface area contributed by atoms with Gasteiger partial charge in [0.25, 0.3) is 5.91 Å². The second-order valence-corrected chi connectivity index (χ2v) is 7.67. The van der Waals surface area contributed by atoms with E-state index in [4.69, 9.17) is 4.74 Å². The van der Waals surface area contributed by atoms with E-state index in [-0.39, 0.29) is 24.7 Å². The average Bonchev–Trinajstić information content (AvgIpc) is 3.19. The van der Waals surface area contributed by atoms with Gasteiger partial charge in [0.05, 0.1) is 25.9 Å². The number of hydrogen-bond acceptors (Lipinski definition) is 5. The first-order chi connectivity index (χ1) is 14.0. The molecular weight excluding hydrogens is 393 g/mol. The van der Waals surface area contributed by atoms with Crippen LogP contribution in [0.2, 0.25) is 0 Å². The molecule has 2 aliphatic rings. The maximum atomic E-state index is 14.1. The maximum absolute atomic E-state index is 14.1. The van der Waals surface area contributed by atoms with E-state index in [9.17, 15) is 14.0 Å². The second-order valence-electron chi connectivity index (χ2n) is 6.96. The van der Waals surface area contributed by atoms with Crippen molar-refractivity contribution in [1.29, 1.82) is 0 Å². The van der Waals surface area contributed by atoms with E-state index in [2.05, 4.69) is 4.72 Å². The Morgan fingerprint density at radius 3 is 2.59 bits per heavy atom. The Balaban J connectivity index is 1.62. The average molecular weight is 413 g/mol. The molecule has 1 fully saturated rings. The minimum absolute atomic E-state index is 0.144. The number of halogens is 1. The summed E-state index contributed by atoms with van der Waals surface area (Å²) in [6.45, 7) is 2.30. The summed E-state index contributed by atoms with van der Waals surface area (Å²) in [5.74, 6) is -0.637. The fourth-order valence-electron chi connectivity index (χ4n) is 3.48. The highest BCUT2D eigenvalue weighted by Gasteiger charge is 2.44. The van der Waals surface area contributed by atoms with Crippen LogP contribution < -0.4 is 9.46 Å². The van der Waals surface area contributed by atoms with Crippen LogP contribution in [0.3, 0.4) is 0 Å². The van der Waals surface area contributed by atoms with Gasteiger partial charge in [-0.3, -0.25) is 14.6 Å². The quantitative estimate of drug-likeness (QED) is 0.760. The number of benzene rings is 2. The van der Waals surface area contributed by atoms with Gasteiger partial charge in [-0.25, -0.2) is 13.9 Å². The molecule has 2 aromatic rings. The van der Waals surface area contributed by atoms with E-state index in [1.165, 1.54) is 41.0 Å². The Labute approximate surface area is 172 Å². The molecule has 1 unspecified atom stereocenters. The van der Waals surface area contributed by atoms with Crippen LogP contribution in [0.15, 0.2) is 53.6 Å². The lowest BCUT2D eigenvalue weighted by Crippen LogP contribution is -2.58. The lowest BCUT2D eigenvalue weighted by molar-refractivity contribution is -0.132. The van der Waals surface area contributed by atoms with Crippen molar-refractivity contribution in [3.8, 4) is 5.75 Å². The van der Waals surface area contributed by atoms with E-state index in [1.54, 1.807) is 11.5 Å². The molecule has 150 valence electrons. The SMILES string of the molecule is COc1ccc(CN2C(=O)N(Cc3cccc(C)c3)C(=O)C3NSC=C32)cc1F. The summed E-state index contributed by atoms with van der Waals surface area (Å²) in [6.07, 6.45) is 0. The smallest absolute Gasteiger partial charge is 0.331 e. The Morgan fingerprint density at radius 2 is 1.86 bits per heavy atom. The highest BCUT2D eigenvalue weighted by Crippen LogP contribution is 2.32. The van der Waals surface area contributed by atoms with Crippen LogP contribution in [-0.2, 0) is 17.9 Å². The van der Waals surface area contributed by atoms with Crippen LogP contribution in [0.5, 0.6) is 5.75 Å². The number of carbonyl (C=O) groups excluding carboxylic acids is 2. The molecule has 0 aromatic heterocycles. The highest BCUT2D eigenvalue weighted by molar-refractivity contribution is 8.00. The Morgan fingerprint density at radius 1 is 1.10 bits per heavy atom. The Hall–Kier alpha value is -2.84. The van der Waals surface area contributed by atoms with Crippen molar-refractivity contribution in [3.05, 3.63) is 76.1 Å². The van der Waals surface area contributed by atoms with Crippen molar-refractivity contribution in [2.75, 3.05) is 7.11 Å². The zero-order valence-electron chi connectivity index (χ0n) is 16.0. The van der Waals surface area contributed by atoms with E-state index >= 15 is 0 Å². The summed E-state index contributed by atoms with van der Waals surface area (Å²) >= 11 is 1.27. The number of rotatable bonds is 5. The monoisotopic (exact) mass is 413 g/mol. The number of aryl methyl sites for hydroxylation is 1. The van der Waals surface area contributed by atoms with Crippen molar-refractivity contribution in [1.82, 2.24) is 14.5 Å². The van der Waals surface area contributed by atoms with E-state index < -0.39 is 17.9 Å². The van der Waals surface area contributed by atoms with Crippen molar-refractivity contribution < 1.29 is 18.7 Å². The number of nitrogens with one attached hydrogen (secondary N) is 1. The number of amides is 3. The van der Waals surface area contributed by atoms with Crippen LogP contribution in [0, 0.1) is 12.7 Å². The van der Waals surface area contributed by atoms with Gasteiger partial charge in [0.15, 0.2) is 11.6 Å². The molecule has 3 amide bonds. The predicted octanol–water partition coefficient (Wildman–Crippen LogP) is 3.57. The summed E-state index contributed by atoms with van der Waals surface area (Å²) in [5.41, 5.74) is 3.13. The predicted molar refractivity (Wildman–Crippen MR) is 108 cm³/mol. The lowest BCUT2D eigenvalue weighted by Gasteiger charge is -2.38. The molecule has 29 heavy (non-hydrogen) atoms. The number of ether oxygens (including phenoxy) is 1. The van der Waals surface area contributed by atoms with Crippen molar-refractivity contribution in [3.63, 3.8) is 0 Å².